The SMILES string of the molecule is [B]1CCc2ccc(cn2)-c2ccnc(n2)NC2CCCC(C1)C2. The van der Waals surface area contributed by atoms with Gasteiger partial charge in [-0.2, -0.15) is 0 Å². The minimum atomic E-state index is 0.502. The van der Waals surface area contributed by atoms with Crippen LogP contribution in [0.2, 0.25) is 12.6 Å². The Morgan fingerprint density at radius 3 is 3.04 bits per heavy atom. The lowest BCUT2D eigenvalue weighted by Gasteiger charge is -2.29. The van der Waals surface area contributed by atoms with E-state index in [2.05, 4.69) is 39.7 Å². The van der Waals surface area contributed by atoms with Gasteiger partial charge in [-0.15, -0.1) is 0 Å². The number of nitrogens with zero attached hydrogens (tertiary/aromatic N) is 3. The largest absolute Gasteiger partial charge is 0.351 e. The molecule has 5 heteroatoms. The fraction of sp³-hybridized carbons (Fsp3) is 0.500. The van der Waals surface area contributed by atoms with Crippen molar-refractivity contribution < 1.29 is 0 Å². The lowest BCUT2D eigenvalue weighted by atomic mass is 9.63. The number of hydrogen-bond acceptors (Lipinski definition) is 4. The molecule has 5 rings (SSSR count). The van der Waals surface area contributed by atoms with Crippen molar-refractivity contribution in [1.82, 2.24) is 15.0 Å². The van der Waals surface area contributed by atoms with Crippen molar-refractivity contribution in [2.75, 3.05) is 5.32 Å². The van der Waals surface area contributed by atoms with Crippen LogP contribution in [0, 0.1) is 5.92 Å². The zero-order valence-corrected chi connectivity index (χ0v) is 13.4. The normalized spacial score (nSPS) is 24.0. The fourth-order valence-corrected chi connectivity index (χ4v) is 3.74. The molecule has 1 radical (unpaired) electrons. The first-order valence-corrected chi connectivity index (χ1v) is 8.73. The first-order chi connectivity index (χ1) is 11.4. The smallest absolute Gasteiger partial charge is 0.223 e. The first kappa shape index (κ1) is 14.7. The molecular weight excluding hydrogens is 283 g/mol. The van der Waals surface area contributed by atoms with Gasteiger partial charge in [0.15, 0.2) is 0 Å². The van der Waals surface area contributed by atoms with Crippen LogP contribution in [0.3, 0.4) is 0 Å². The molecule has 6 bridgehead atoms. The van der Waals surface area contributed by atoms with Crippen LogP contribution in [0.15, 0.2) is 30.6 Å². The Kier molecular flexibility index (Phi) is 4.27. The molecule has 2 unspecified atom stereocenters. The number of rotatable bonds is 0. The molecule has 2 aromatic rings. The molecule has 4 heterocycles. The number of anilines is 1. The molecule has 1 fully saturated rings. The van der Waals surface area contributed by atoms with Gasteiger partial charge < -0.3 is 5.32 Å². The summed E-state index contributed by atoms with van der Waals surface area (Å²) in [6.45, 7) is 0. The Balaban J connectivity index is 1.64. The van der Waals surface area contributed by atoms with Gasteiger partial charge in [-0.1, -0.05) is 25.5 Å². The standard InChI is InChI=1S/C18H22BN4/c1-2-13-10-16(3-1)22-18-20-9-7-17(23-18)14-4-5-15(21-12-14)6-8-19-11-13/h4-5,7,9,12-13,16H,1-3,6,8,10-11H2,(H,20,22,23). The molecular formula is C18H22BN4. The third-order valence-corrected chi connectivity index (χ3v) is 5.00. The summed E-state index contributed by atoms with van der Waals surface area (Å²) in [6.07, 6.45) is 12.2. The molecule has 2 aromatic heterocycles. The maximum absolute atomic E-state index is 4.69. The van der Waals surface area contributed by atoms with E-state index in [-0.39, 0.29) is 0 Å². The number of pyridine rings is 1. The lowest BCUT2D eigenvalue weighted by Crippen LogP contribution is -2.28. The number of aryl methyl sites for hydroxylation is 1. The third kappa shape index (κ3) is 3.54. The molecule has 117 valence electrons. The third-order valence-electron chi connectivity index (χ3n) is 5.00. The van der Waals surface area contributed by atoms with E-state index in [1.807, 2.05) is 18.5 Å². The van der Waals surface area contributed by atoms with E-state index in [9.17, 15) is 0 Å². The van der Waals surface area contributed by atoms with Crippen LogP contribution >= 0.6 is 0 Å². The lowest BCUT2D eigenvalue weighted by molar-refractivity contribution is 0.357. The van der Waals surface area contributed by atoms with Crippen LogP contribution in [0.25, 0.3) is 11.3 Å². The van der Waals surface area contributed by atoms with Crippen molar-refractivity contribution in [2.45, 2.75) is 50.8 Å². The second-order valence-corrected chi connectivity index (χ2v) is 6.74. The highest BCUT2D eigenvalue weighted by atomic mass is 15.1. The summed E-state index contributed by atoms with van der Waals surface area (Å²) in [5.74, 6) is 1.54. The predicted octanol–water partition coefficient (Wildman–Crippen LogP) is 3.61. The molecule has 0 aromatic carbocycles. The molecule has 1 saturated carbocycles. The first-order valence-electron chi connectivity index (χ1n) is 8.73. The topological polar surface area (TPSA) is 50.7 Å². The van der Waals surface area contributed by atoms with E-state index >= 15 is 0 Å². The highest BCUT2D eigenvalue weighted by molar-refractivity contribution is 6.35. The Morgan fingerprint density at radius 1 is 1.13 bits per heavy atom. The Bertz CT molecular complexity index is 658. The van der Waals surface area contributed by atoms with Crippen molar-refractivity contribution in [1.29, 1.82) is 0 Å². The average Bonchev–Trinajstić information content (AvgIpc) is 2.60. The number of fused-ring (bicyclic) bond motifs is 5. The molecule has 0 spiro atoms. The van der Waals surface area contributed by atoms with E-state index in [0.717, 1.165) is 41.6 Å². The van der Waals surface area contributed by atoms with E-state index in [4.69, 9.17) is 0 Å². The second kappa shape index (κ2) is 6.69. The van der Waals surface area contributed by atoms with Gasteiger partial charge in [0, 0.05) is 29.7 Å². The summed E-state index contributed by atoms with van der Waals surface area (Å²) in [5, 5.41) is 3.55. The highest BCUT2D eigenvalue weighted by Crippen LogP contribution is 2.29. The van der Waals surface area contributed by atoms with Crippen LogP contribution in [0.5, 0.6) is 0 Å². The Hall–Kier alpha value is -1.91. The molecule has 23 heavy (non-hydrogen) atoms. The minimum absolute atomic E-state index is 0.502. The monoisotopic (exact) mass is 305 g/mol. The number of aromatic nitrogens is 3. The predicted molar refractivity (Wildman–Crippen MR) is 93.7 cm³/mol. The molecule has 0 amide bonds. The van der Waals surface area contributed by atoms with Crippen LogP contribution in [-0.2, 0) is 6.42 Å². The van der Waals surface area contributed by atoms with Crippen LogP contribution in [-0.4, -0.2) is 28.3 Å². The van der Waals surface area contributed by atoms with Gasteiger partial charge in [0.05, 0.1) is 5.69 Å². The van der Waals surface area contributed by atoms with Crippen LogP contribution in [0.1, 0.15) is 31.4 Å². The van der Waals surface area contributed by atoms with Gasteiger partial charge in [0.2, 0.25) is 5.95 Å². The van der Waals surface area contributed by atoms with Crippen molar-refractivity contribution in [2.24, 2.45) is 5.92 Å². The molecule has 1 aliphatic carbocycles. The molecule has 2 atom stereocenters. The Morgan fingerprint density at radius 2 is 2.13 bits per heavy atom. The maximum Gasteiger partial charge on any atom is 0.223 e. The van der Waals surface area contributed by atoms with Gasteiger partial charge >= 0.3 is 0 Å². The summed E-state index contributed by atoms with van der Waals surface area (Å²) in [7, 11) is 2.46. The maximum atomic E-state index is 4.69. The summed E-state index contributed by atoms with van der Waals surface area (Å²) < 4.78 is 0. The van der Waals surface area contributed by atoms with E-state index in [1.54, 1.807) is 0 Å². The van der Waals surface area contributed by atoms with E-state index in [1.165, 1.54) is 32.0 Å². The summed E-state index contributed by atoms with van der Waals surface area (Å²) >= 11 is 0. The zero-order chi connectivity index (χ0) is 15.5. The van der Waals surface area contributed by atoms with E-state index in [0.29, 0.717) is 6.04 Å². The molecule has 1 N–H and O–H groups in total. The average molecular weight is 305 g/mol. The second-order valence-electron chi connectivity index (χ2n) is 6.74. The van der Waals surface area contributed by atoms with Crippen molar-refractivity contribution >= 4 is 13.2 Å². The molecule has 4 nitrogen and oxygen atoms in total. The van der Waals surface area contributed by atoms with E-state index < -0.39 is 0 Å². The summed E-state index contributed by atoms with van der Waals surface area (Å²) in [6, 6.07) is 6.70. The quantitative estimate of drug-likeness (QED) is 0.756. The zero-order valence-electron chi connectivity index (χ0n) is 13.4. The Labute approximate surface area is 138 Å². The highest BCUT2D eigenvalue weighted by Gasteiger charge is 2.22. The van der Waals surface area contributed by atoms with Crippen molar-refractivity contribution in [3.05, 3.63) is 36.3 Å². The fourth-order valence-electron chi connectivity index (χ4n) is 3.74. The van der Waals surface area contributed by atoms with Gasteiger partial charge in [-0.3, -0.25) is 4.98 Å². The van der Waals surface area contributed by atoms with Crippen molar-refractivity contribution in [3.8, 4) is 11.3 Å². The molecule has 3 aliphatic rings. The number of hydrogen-bond donors (Lipinski definition) is 1. The van der Waals surface area contributed by atoms with Crippen LogP contribution < -0.4 is 5.32 Å². The van der Waals surface area contributed by atoms with Gasteiger partial charge in [0.1, 0.15) is 7.28 Å². The van der Waals surface area contributed by atoms with Gasteiger partial charge in [-0.05, 0) is 43.4 Å². The summed E-state index contributed by atoms with van der Waals surface area (Å²) in [4.78, 5) is 13.7. The van der Waals surface area contributed by atoms with Crippen molar-refractivity contribution in [3.63, 3.8) is 0 Å². The van der Waals surface area contributed by atoms with Gasteiger partial charge in [0.25, 0.3) is 0 Å². The van der Waals surface area contributed by atoms with Crippen LogP contribution in [0.4, 0.5) is 5.95 Å². The molecule has 2 aliphatic heterocycles. The minimum Gasteiger partial charge on any atom is -0.351 e. The summed E-state index contributed by atoms with van der Waals surface area (Å²) in [5.41, 5.74) is 3.16. The molecule has 0 saturated heterocycles. The van der Waals surface area contributed by atoms with Gasteiger partial charge in [-0.25, -0.2) is 9.97 Å². The number of nitrogens with one attached hydrogen (secondary N) is 1.